The average molecular weight is 592 g/mol. The smallest absolute Gasteiger partial charge is 0.265 e. The van der Waals surface area contributed by atoms with Gasteiger partial charge >= 0.3 is 0 Å². The number of nitrogens with one attached hydrogen (secondary N) is 3. The number of carbonyl (C=O) groups is 8. The minimum absolute atomic E-state index is 0.0340. The van der Waals surface area contributed by atoms with E-state index in [1.54, 1.807) is 18.2 Å². The Balaban J connectivity index is 0.000000173. The van der Waals surface area contributed by atoms with Crippen molar-refractivity contribution in [2.24, 2.45) is 0 Å². The summed E-state index contributed by atoms with van der Waals surface area (Å²) in [6.45, 7) is 2.68. The van der Waals surface area contributed by atoms with Gasteiger partial charge in [0.25, 0.3) is 23.6 Å². The van der Waals surface area contributed by atoms with Crippen LogP contribution in [0.4, 0.5) is 10.1 Å². The van der Waals surface area contributed by atoms with Gasteiger partial charge in [-0.15, -0.1) is 0 Å². The van der Waals surface area contributed by atoms with Crippen molar-refractivity contribution < 1.29 is 42.7 Å². The number of imide groups is 4. The Kier molecular flexibility index (Phi) is 7.85. The van der Waals surface area contributed by atoms with E-state index in [1.807, 2.05) is 6.92 Å². The van der Waals surface area contributed by atoms with Crippen LogP contribution < -0.4 is 16.0 Å². The molecule has 2 aromatic rings. The van der Waals surface area contributed by atoms with Gasteiger partial charge in [-0.25, -0.2) is 4.39 Å². The van der Waals surface area contributed by atoms with E-state index in [4.69, 9.17) is 0 Å². The largest absolute Gasteiger partial charge is 0.384 e. The number of hydrogen-bond acceptors (Lipinski definition) is 9. The minimum atomic E-state index is -1.07. The van der Waals surface area contributed by atoms with Gasteiger partial charge in [0.2, 0.25) is 23.6 Å². The number of amides is 8. The third-order valence-corrected chi connectivity index (χ3v) is 7.45. The van der Waals surface area contributed by atoms with E-state index in [2.05, 4.69) is 16.0 Å². The standard InChI is InChI=1S/C16H17N3O4.C13H9FN2O4/c1-2-8-17-10-5-3-4-9-13(10)16(23)19(15(9)22)11-6-7-12(20)18-14(11)21;14-7-3-1-2-6-10(7)13(20)16(12(6)19)8-4-5-9(17)15-11(8)18/h3-5,11,17H,2,6-8H2,1H3,(H,18,20,21);1-3,8H,4-5H2,(H,15,17,18). The molecule has 14 heteroatoms. The van der Waals surface area contributed by atoms with Crippen molar-refractivity contribution in [3.63, 3.8) is 0 Å². The van der Waals surface area contributed by atoms with E-state index >= 15 is 0 Å². The molecule has 0 saturated carbocycles. The molecule has 8 amide bonds. The Morgan fingerprint density at radius 3 is 1.70 bits per heavy atom. The quantitative estimate of drug-likeness (QED) is 0.430. The molecule has 13 nitrogen and oxygen atoms in total. The van der Waals surface area contributed by atoms with E-state index in [0.717, 1.165) is 22.3 Å². The van der Waals surface area contributed by atoms with Gasteiger partial charge in [0.15, 0.2) is 0 Å². The van der Waals surface area contributed by atoms with E-state index in [1.165, 1.54) is 12.1 Å². The summed E-state index contributed by atoms with van der Waals surface area (Å²) in [5, 5.41) is 7.39. The van der Waals surface area contributed by atoms with Gasteiger partial charge in [-0.3, -0.25) is 58.8 Å². The summed E-state index contributed by atoms with van der Waals surface area (Å²) >= 11 is 0. The molecular weight excluding hydrogens is 565 g/mol. The highest BCUT2D eigenvalue weighted by Crippen LogP contribution is 2.32. The van der Waals surface area contributed by atoms with Crippen LogP contribution in [0.1, 0.15) is 80.5 Å². The third kappa shape index (κ3) is 5.15. The molecule has 43 heavy (non-hydrogen) atoms. The first kappa shape index (κ1) is 29.2. The van der Waals surface area contributed by atoms with E-state index < -0.39 is 59.3 Å². The van der Waals surface area contributed by atoms with Crippen molar-refractivity contribution in [3.05, 3.63) is 64.5 Å². The second kappa shape index (κ2) is 11.5. The summed E-state index contributed by atoms with van der Waals surface area (Å²) in [7, 11) is 0. The van der Waals surface area contributed by atoms with E-state index in [9.17, 15) is 42.7 Å². The van der Waals surface area contributed by atoms with Gasteiger partial charge < -0.3 is 5.32 Å². The van der Waals surface area contributed by atoms with Crippen LogP contribution in [0, 0.1) is 5.82 Å². The SMILES string of the molecule is CCCNc1cccc2c1C(=O)N(C1CCC(=O)NC1=O)C2=O.O=C1CCC(N2C(=O)c3cccc(F)c3C2=O)C(=O)N1. The maximum Gasteiger partial charge on any atom is 0.265 e. The fourth-order valence-electron chi connectivity index (χ4n) is 5.40. The Hall–Kier alpha value is -5.27. The fourth-order valence-corrected chi connectivity index (χ4v) is 5.40. The summed E-state index contributed by atoms with van der Waals surface area (Å²) in [6, 6.07) is 6.77. The highest BCUT2D eigenvalue weighted by atomic mass is 19.1. The van der Waals surface area contributed by atoms with Crippen molar-refractivity contribution in [1.82, 2.24) is 20.4 Å². The molecule has 0 aromatic heterocycles. The van der Waals surface area contributed by atoms with Gasteiger partial charge in [-0.2, -0.15) is 0 Å². The Labute approximate surface area is 243 Å². The van der Waals surface area contributed by atoms with Crippen LogP contribution in [0.3, 0.4) is 0 Å². The summed E-state index contributed by atoms with van der Waals surface area (Å²) in [4.78, 5) is 97.4. The number of rotatable bonds is 5. The van der Waals surface area contributed by atoms with Crippen molar-refractivity contribution in [2.45, 2.75) is 51.1 Å². The fraction of sp³-hybridized carbons (Fsp3) is 0.310. The summed E-state index contributed by atoms with van der Waals surface area (Å²) in [5.74, 6) is -5.46. The number of nitrogens with zero attached hydrogens (tertiary/aromatic N) is 2. The van der Waals surface area contributed by atoms with Crippen molar-refractivity contribution in [3.8, 4) is 0 Å². The lowest BCUT2D eigenvalue weighted by molar-refractivity contribution is -0.137. The molecule has 6 rings (SSSR count). The predicted octanol–water partition coefficient (Wildman–Crippen LogP) is 1.14. The molecule has 2 aromatic carbocycles. The van der Waals surface area contributed by atoms with Crippen LogP contribution in [-0.2, 0) is 19.2 Å². The molecule has 0 bridgehead atoms. The molecule has 2 atom stereocenters. The van der Waals surface area contributed by atoms with Crippen LogP contribution in [0.5, 0.6) is 0 Å². The monoisotopic (exact) mass is 591 g/mol. The molecule has 4 aliphatic rings. The zero-order chi connectivity index (χ0) is 31.0. The average Bonchev–Trinajstić information content (AvgIpc) is 3.38. The summed E-state index contributed by atoms with van der Waals surface area (Å²) in [6.07, 6.45) is 1.24. The normalized spacial score (nSPS) is 21.3. The van der Waals surface area contributed by atoms with Gasteiger partial charge in [-0.1, -0.05) is 19.1 Å². The Morgan fingerprint density at radius 1 is 0.721 bits per heavy atom. The van der Waals surface area contributed by atoms with Crippen molar-refractivity contribution >= 4 is 52.9 Å². The molecule has 0 aliphatic carbocycles. The topological polar surface area (TPSA) is 179 Å². The van der Waals surface area contributed by atoms with Crippen LogP contribution in [0.25, 0.3) is 0 Å². The van der Waals surface area contributed by atoms with Crippen LogP contribution in [0.15, 0.2) is 36.4 Å². The maximum atomic E-state index is 13.7. The molecule has 2 saturated heterocycles. The number of benzene rings is 2. The minimum Gasteiger partial charge on any atom is -0.384 e. The number of carbonyl (C=O) groups excluding carboxylic acids is 8. The first-order chi connectivity index (χ1) is 20.5. The van der Waals surface area contributed by atoms with Crippen LogP contribution in [0.2, 0.25) is 0 Å². The second-order valence-corrected chi connectivity index (χ2v) is 10.2. The second-order valence-electron chi connectivity index (χ2n) is 10.2. The zero-order valence-electron chi connectivity index (χ0n) is 22.9. The number of piperidine rings is 2. The zero-order valence-corrected chi connectivity index (χ0v) is 22.9. The Bertz CT molecular complexity index is 1620. The van der Waals surface area contributed by atoms with Gasteiger partial charge in [0.05, 0.1) is 22.3 Å². The third-order valence-electron chi connectivity index (χ3n) is 7.45. The van der Waals surface area contributed by atoms with E-state index in [0.29, 0.717) is 23.4 Å². The molecule has 222 valence electrons. The number of halogens is 1. The number of anilines is 1. The van der Waals surface area contributed by atoms with Crippen molar-refractivity contribution in [2.75, 3.05) is 11.9 Å². The molecule has 2 unspecified atom stereocenters. The molecule has 2 fully saturated rings. The lowest BCUT2D eigenvalue weighted by Crippen LogP contribution is -2.54. The molecule has 0 radical (unpaired) electrons. The molecule has 4 aliphatic heterocycles. The maximum absolute atomic E-state index is 13.7. The van der Waals surface area contributed by atoms with Gasteiger partial charge in [0, 0.05) is 25.1 Å². The highest BCUT2D eigenvalue weighted by molar-refractivity contribution is 6.26. The molecule has 3 N–H and O–H groups in total. The number of fused-ring (bicyclic) bond motifs is 2. The van der Waals surface area contributed by atoms with Crippen molar-refractivity contribution in [1.29, 1.82) is 0 Å². The molecule has 0 spiro atoms. The van der Waals surface area contributed by atoms with Crippen LogP contribution in [-0.4, -0.2) is 75.7 Å². The summed E-state index contributed by atoms with van der Waals surface area (Å²) < 4.78 is 13.7. The summed E-state index contributed by atoms with van der Waals surface area (Å²) in [5.41, 5.74) is 0.816. The first-order valence-corrected chi connectivity index (χ1v) is 13.6. The Morgan fingerprint density at radius 2 is 1.21 bits per heavy atom. The van der Waals surface area contributed by atoms with Gasteiger partial charge in [-0.05, 0) is 43.5 Å². The van der Waals surface area contributed by atoms with Crippen LogP contribution >= 0.6 is 0 Å². The predicted molar refractivity (Wildman–Crippen MR) is 145 cm³/mol. The lowest BCUT2D eigenvalue weighted by Gasteiger charge is -2.27. The first-order valence-electron chi connectivity index (χ1n) is 13.6. The van der Waals surface area contributed by atoms with Gasteiger partial charge in [0.1, 0.15) is 17.9 Å². The number of hydrogen-bond donors (Lipinski definition) is 3. The molecular formula is C29H26FN5O8. The van der Waals surface area contributed by atoms with E-state index in [-0.39, 0.29) is 42.7 Å². The molecule has 4 heterocycles. The lowest BCUT2D eigenvalue weighted by atomic mass is 10.0. The highest BCUT2D eigenvalue weighted by Gasteiger charge is 2.47.